The molecule has 0 bridgehead atoms. The lowest BCUT2D eigenvalue weighted by Crippen LogP contribution is -2.03. The number of nitrogens with one attached hydrogen (secondary N) is 1. The van der Waals surface area contributed by atoms with Gasteiger partial charge in [0.2, 0.25) is 0 Å². The van der Waals surface area contributed by atoms with Crippen molar-refractivity contribution in [1.29, 1.82) is 0 Å². The first-order valence-electron chi connectivity index (χ1n) is 17.2. The summed E-state index contributed by atoms with van der Waals surface area (Å²) in [5.74, 6) is 0.140. The highest BCUT2D eigenvalue weighted by Crippen LogP contribution is 2.39. The molecular weight excluding hydrogens is 545 g/mol. The molecule has 1 N–H and O–H groups in total. The maximum absolute atomic E-state index is 12.3. The first kappa shape index (κ1) is 33.3. The normalized spacial score (nSPS) is 11.7. The van der Waals surface area contributed by atoms with Gasteiger partial charge in [-0.1, -0.05) is 103 Å². The highest BCUT2D eigenvalue weighted by atomic mass is 32.1. The van der Waals surface area contributed by atoms with Crippen LogP contribution in [0.25, 0.3) is 21.3 Å². The fourth-order valence-corrected chi connectivity index (χ4v) is 8.14. The Morgan fingerprint density at radius 1 is 0.837 bits per heavy atom. The molecule has 1 aromatic carbocycles. The van der Waals surface area contributed by atoms with Crippen molar-refractivity contribution in [3.63, 3.8) is 0 Å². The minimum absolute atomic E-state index is 0.140. The summed E-state index contributed by atoms with van der Waals surface area (Å²) in [6.45, 7) is 13.7. The summed E-state index contributed by atoms with van der Waals surface area (Å²) >= 11 is 1.83. The Morgan fingerprint density at radius 3 is 2.02 bits per heavy atom. The third kappa shape index (κ3) is 8.53. The van der Waals surface area contributed by atoms with E-state index in [1.165, 1.54) is 128 Å². The first-order chi connectivity index (χ1) is 20.8. The molecule has 4 heteroatoms. The zero-order chi connectivity index (χ0) is 30.8. The van der Waals surface area contributed by atoms with Crippen molar-refractivity contribution in [2.75, 3.05) is 0 Å². The molecule has 0 radical (unpaired) electrons. The molecule has 3 nitrogen and oxygen atoms in total. The van der Waals surface area contributed by atoms with Crippen LogP contribution in [0.15, 0.2) is 29.6 Å². The van der Waals surface area contributed by atoms with Gasteiger partial charge in [-0.25, -0.2) is 0 Å². The Bertz CT molecular complexity index is 1470. The van der Waals surface area contributed by atoms with Gasteiger partial charge in [0.15, 0.2) is 5.78 Å². The second kappa shape index (κ2) is 16.5. The van der Waals surface area contributed by atoms with Crippen molar-refractivity contribution < 1.29 is 4.79 Å². The zero-order valence-corrected chi connectivity index (χ0v) is 28.8. The van der Waals surface area contributed by atoms with Gasteiger partial charge in [0.25, 0.3) is 0 Å². The SMILES string of the molecule is CCCCCCCCCCCCCCCCn1c(C)cc(C)c1-c1cccc2scc(Cc3[nH]c(C)c(C(C)=O)c3C)c12. The summed E-state index contributed by atoms with van der Waals surface area (Å²) < 4.78 is 3.91. The highest BCUT2D eigenvalue weighted by molar-refractivity contribution is 7.17. The highest BCUT2D eigenvalue weighted by Gasteiger charge is 2.20. The number of carbonyl (C=O) groups excluding carboxylic acids is 1. The number of unbranched alkanes of at least 4 members (excludes halogenated alkanes) is 13. The monoisotopic (exact) mass is 600 g/mol. The maximum Gasteiger partial charge on any atom is 0.161 e. The summed E-state index contributed by atoms with van der Waals surface area (Å²) in [6, 6.07) is 9.15. The van der Waals surface area contributed by atoms with Gasteiger partial charge < -0.3 is 9.55 Å². The molecule has 4 rings (SSSR count). The Balaban J connectivity index is 1.35. The molecule has 0 atom stereocenters. The van der Waals surface area contributed by atoms with Crippen molar-refractivity contribution >= 4 is 27.2 Å². The molecule has 0 saturated heterocycles. The molecule has 0 unspecified atom stereocenters. The van der Waals surface area contributed by atoms with Crippen molar-refractivity contribution in [2.45, 2.75) is 144 Å². The van der Waals surface area contributed by atoms with Crippen LogP contribution in [0.5, 0.6) is 0 Å². The summed E-state index contributed by atoms with van der Waals surface area (Å²) in [5.41, 5.74) is 10.9. The van der Waals surface area contributed by atoms with Gasteiger partial charge in [0.1, 0.15) is 0 Å². The van der Waals surface area contributed by atoms with Gasteiger partial charge >= 0.3 is 0 Å². The minimum Gasteiger partial charge on any atom is -0.361 e. The molecule has 0 fully saturated rings. The fourth-order valence-electron chi connectivity index (χ4n) is 7.15. The van der Waals surface area contributed by atoms with Crippen molar-refractivity contribution in [2.24, 2.45) is 0 Å². The number of H-pyrrole nitrogens is 1. The number of benzene rings is 1. The summed E-state index contributed by atoms with van der Waals surface area (Å²) in [4.78, 5) is 15.8. The number of hydrogen-bond acceptors (Lipinski definition) is 2. The Kier molecular flexibility index (Phi) is 12.8. The van der Waals surface area contributed by atoms with E-state index < -0.39 is 0 Å². The van der Waals surface area contributed by atoms with E-state index in [0.717, 1.165) is 35.5 Å². The second-order valence-electron chi connectivity index (χ2n) is 13.0. The second-order valence-corrected chi connectivity index (χ2v) is 13.9. The largest absolute Gasteiger partial charge is 0.361 e. The van der Waals surface area contributed by atoms with Crippen LogP contribution in [0.1, 0.15) is 148 Å². The Labute approximate surface area is 265 Å². The topological polar surface area (TPSA) is 37.8 Å². The number of nitrogens with zero attached hydrogens (tertiary/aromatic N) is 1. The molecule has 0 aliphatic carbocycles. The lowest BCUT2D eigenvalue weighted by Gasteiger charge is -2.15. The summed E-state index contributed by atoms with van der Waals surface area (Å²) in [6.07, 6.45) is 20.3. The van der Waals surface area contributed by atoms with Crippen LogP contribution in [0.4, 0.5) is 0 Å². The molecule has 3 aromatic heterocycles. The average Bonchev–Trinajstić information content (AvgIpc) is 3.60. The number of ketones is 1. The zero-order valence-electron chi connectivity index (χ0n) is 28.0. The predicted octanol–water partition coefficient (Wildman–Crippen LogP) is 12.2. The van der Waals surface area contributed by atoms with Crippen LogP contribution in [0.3, 0.4) is 0 Å². The van der Waals surface area contributed by atoms with E-state index in [1.807, 2.05) is 18.3 Å². The standard InChI is InChI=1S/C39H56N2OS/c1-7-8-9-10-11-12-13-14-15-16-17-18-19-20-24-41-29(3)25-28(2)39(41)34-22-21-23-36-38(34)33(27-43-36)26-35-30(4)37(32(6)42)31(5)40-35/h21-23,25,27,40H,7-20,24,26H2,1-6H3. The van der Waals surface area contributed by atoms with Crippen molar-refractivity contribution in [3.8, 4) is 11.3 Å². The minimum atomic E-state index is 0.140. The quantitative estimate of drug-likeness (QED) is 0.0843. The molecule has 4 aromatic rings. The van der Waals surface area contributed by atoms with E-state index in [0.29, 0.717) is 0 Å². The van der Waals surface area contributed by atoms with Gasteiger partial charge in [-0.15, -0.1) is 11.3 Å². The number of rotatable bonds is 19. The fraction of sp³-hybridized carbons (Fsp3) is 0.564. The van der Waals surface area contributed by atoms with E-state index in [-0.39, 0.29) is 5.78 Å². The molecule has 0 spiro atoms. The molecule has 0 aliphatic rings. The van der Waals surface area contributed by atoms with Crippen molar-refractivity contribution in [1.82, 2.24) is 9.55 Å². The van der Waals surface area contributed by atoms with Crippen molar-refractivity contribution in [3.05, 3.63) is 69.0 Å². The van der Waals surface area contributed by atoms with Crippen LogP contribution < -0.4 is 0 Å². The lowest BCUT2D eigenvalue weighted by molar-refractivity contribution is 0.101. The number of carbonyl (C=O) groups is 1. The van der Waals surface area contributed by atoms with Gasteiger partial charge in [-0.05, 0) is 75.2 Å². The Hall–Kier alpha value is -2.59. The molecule has 43 heavy (non-hydrogen) atoms. The molecular formula is C39H56N2OS. The van der Waals surface area contributed by atoms with Crippen LogP contribution in [0, 0.1) is 27.7 Å². The van der Waals surface area contributed by atoms with E-state index in [2.05, 4.69) is 66.9 Å². The number of fused-ring (bicyclic) bond motifs is 1. The molecule has 0 amide bonds. The van der Waals surface area contributed by atoms with E-state index in [1.54, 1.807) is 6.92 Å². The summed E-state index contributed by atoms with van der Waals surface area (Å²) in [5, 5.41) is 3.69. The number of thiophene rings is 1. The van der Waals surface area contributed by atoms with Crippen LogP contribution in [-0.2, 0) is 13.0 Å². The van der Waals surface area contributed by atoms with Gasteiger partial charge in [-0.2, -0.15) is 0 Å². The third-order valence-corrected chi connectivity index (χ3v) is 10.4. The predicted molar refractivity (Wildman–Crippen MR) is 188 cm³/mol. The van der Waals surface area contributed by atoms with Gasteiger partial charge in [0.05, 0.1) is 5.69 Å². The van der Waals surface area contributed by atoms with Crippen LogP contribution >= 0.6 is 11.3 Å². The van der Waals surface area contributed by atoms with Gasteiger partial charge in [0, 0.05) is 51.3 Å². The number of hydrogen-bond donors (Lipinski definition) is 1. The lowest BCUT2D eigenvalue weighted by atomic mass is 9.97. The molecule has 0 saturated carbocycles. The van der Waals surface area contributed by atoms with Gasteiger partial charge in [-0.3, -0.25) is 4.79 Å². The number of aromatic amines is 1. The number of Topliss-reactive ketones (excluding diaryl/α,β-unsaturated/α-hetero) is 1. The smallest absolute Gasteiger partial charge is 0.161 e. The summed E-state index contributed by atoms with van der Waals surface area (Å²) in [7, 11) is 0. The van der Waals surface area contributed by atoms with Crippen LogP contribution in [0.2, 0.25) is 0 Å². The maximum atomic E-state index is 12.3. The molecule has 3 heterocycles. The van der Waals surface area contributed by atoms with E-state index in [4.69, 9.17) is 0 Å². The third-order valence-electron chi connectivity index (χ3n) is 9.42. The average molecular weight is 601 g/mol. The number of aryl methyl sites for hydroxylation is 3. The molecule has 234 valence electrons. The first-order valence-corrected chi connectivity index (χ1v) is 18.1. The van der Waals surface area contributed by atoms with Crippen LogP contribution in [-0.4, -0.2) is 15.3 Å². The number of aromatic nitrogens is 2. The van der Waals surface area contributed by atoms with E-state index in [9.17, 15) is 4.79 Å². The molecule has 0 aliphatic heterocycles. The van der Waals surface area contributed by atoms with E-state index >= 15 is 0 Å². The Morgan fingerprint density at radius 2 is 1.44 bits per heavy atom.